The zero-order valence-electron chi connectivity index (χ0n) is 12.1. The van der Waals surface area contributed by atoms with Crippen molar-refractivity contribution in [3.63, 3.8) is 0 Å². The van der Waals surface area contributed by atoms with E-state index in [1.54, 1.807) is 54.6 Å². The lowest BCUT2D eigenvalue weighted by atomic mass is 10.0. The summed E-state index contributed by atoms with van der Waals surface area (Å²) in [7, 11) is 0. The highest BCUT2D eigenvalue weighted by Crippen LogP contribution is 2.18. The average molecular weight is 299 g/mol. The van der Waals surface area contributed by atoms with Crippen molar-refractivity contribution < 1.29 is 19.8 Å². The number of carbonyl (C=O) groups is 2. The minimum Gasteiger partial charge on any atom is -0.480 e. The van der Waals surface area contributed by atoms with Gasteiger partial charge < -0.3 is 15.5 Å². The van der Waals surface area contributed by atoms with Gasteiger partial charge in [0.05, 0.1) is 0 Å². The molecule has 5 nitrogen and oxygen atoms in total. The highest BCUT2D eigenvalue weighted by molar-refractivity contribution is 5.96. The molecule has 0 radical (unpaired) electrons. The van der Waals surface area contributed by atoms with Crippen LogP contribution in [0.4, 0.5) is 0 Å². The third kappa shape index (κ3) is 3.71. The predicted molar refractivity (Wildman–Crippen MR) is 81.5 cm³/mol. The summed E-state index contributed by atoms with van der Waals surface area (Å²) >= 11 is 0. The molecule has 5 heteroatoms. The van der Waals surface area contributed by atoms with Crippen LogP contribution in [-0.4, -0.2) is 28.1 Å². The summed E-state index contributed by atoms with van der Waals surface area (Å²) in [5.41, 5.74) is 1.77. The molecule has 0 aromatic heterocycles. The van der Waals surface area contributed by atoms with Gasteiger partial charge in [-0.05, 0) is 24.6 Å². The van der Waals surface area contributed by atoms with E-state index in [4.69, 9.17) is 0 Å². The van der Waals surface area contributed by atoms with Gasteiger partial charge in [0.1, 0.15) is 6.10 Å². The normalized spacial score (nSPS) is 13.2. The van der Waals surface area contributed by atoms with Crippen molar-refractivity contribution in [1.29, 1.82) is 0 Å². The van der Waals surface area contributed by atoms with Crippen LogP contribution in [0, 0.1) is 6.92 Å². The third-order valence-electron chi connectivity index (χ3n) is 3.32. The third-order valence-corrected chi connectivity index (χ3v) is 3.32. The van der Waals surface area contributed by atoms with E-state index in [1.807, 2.05) is 6.92 Å². The van der Waals surface area contributed by atoms with E-state index in [0.717, 1.165) is 5.56 Å². The Hall–Kier alpha value is -2.66. The largest absolute Gasteiger partial charge is 0.480 e. The number of aliphatic carboxylic acids is 1. The molecular formula is C17H17NO4. The summed E-state index contributed by atoms with van der Waals surface area (Å²) in [6.07, 6.45) is -1.33. The van der Waals surface area contributed by atoms with Crippen LogP contribution in [0.5, 0.6) is 0 Å². The van der Waals surface area contributed by atoms with E-state index >= 15 is 0 Å². The van der Waals surface area contributed by atoms with Gasteiger partial charge in [-0.25, -0.2) is 4.79 Å². The van der Waals surface area contributed by atoms with Gasteiger partial charge in [0, 0.05) is 5.56 Å². The molecular weight excluding hydrogens is 282 g/mol. The van der Waals surface area contributed by atoms with Crippen LogP contribution < -0.4 is 5.32 Å². The molecule has 1 amide bonds. The van der Waals surface area contributed by atoms with E-state index in [1.165, 1.54) is 0 Å². The maximum atomic E-state index is 12.1. The molecule has 0 saturated carbocycles. The molecule has 0 heterocycles. The molecule has 0 saturated heterocycles. The fraction of sp³-hybridized carbons (Fsp3) is 0.176. The second kappa shape index (κ2) is 6.87. The zero-order chi connectivity index (χ0) is 16.1. The van der Waals surface area contributed by atoms with Gasteiger partial charge in [0.2, 0.25) is 0 Å². The summed E-state index contributed by atoms with van der Waals surface area (Å²) in [5, 5.41) is 21.9. The first-order chi connectivity index (χ1) is 10.5. The number of carboxylic acid groups (broad SMARTS) is 1. The van der Waals surface area contributed by atoms with Crippen molar-refractivity contribution in [1.82, 2.24) is 5.32 Å². The van der Waals surface area contributed by atoms with Gasteiger partial charge >= 0.3 is 5.97 Å². The fourth-order valence-corrected chi connectivity index (χ4v) is 2.05. The molecule has 2 aromatic carbocycles. The number of hydrogen-bond donors (Lipinski definition) is 3. The van der Waals surface area contributed by atoms with Crippen LogP contribution in [0.3, 0.4) is 0 Å². The number of nitrogens with one attached hydrogen (secondary N) is 1. The smallest absolute Gasteiger partial charge is 0.329 e. The molecule has 0 fully saturated rings. The molecule has 22 heavy (non-hydrogen) atoms. The molecule has 2 rings (SSSR count). The summed E-state index contributed by atoms with van der Waals surface area (Å²) < 4.78 is 0. The van der Waals surface area contributed by atoms with Gasteiger partial charge in [-0.1, -0.05) is 48.0 Å². The maximum Gasteiger partial charge on any atom is 0.329 e. The molecule has 0 aliphatic rings. The number of hydrogen-bond acceptors (Lipinski definition) is 3. The second-order valence-corrected chi connectivity index (χ2v) is 5.01. The van der Waals surface area contributed by atoms with Crippen molar-refractivity contribution in [2.24, 2.45) is 0 Å². The molecule has 2 unspecified atom stereocenters. The summed E-state index contributed by atoms with van der Waals surface area (Å²) in [4.78, 5) is 23.4. The standard InChI is InChI=1S/C17H17NO4/c1-11-7-9-12(10-8-11)15(19)14(17(21)22)18-16(20)13-5-3-2-4-6-13/h2-10,14-15,19H,1H3,(H,18,20)(H,21,22). The Morgan fingerprint density at radius 1 is 1.00 bits per heavy atom. The molecule has 2 atom stereocenters. The number of carboxylic acids is 1. The van der Waals surface area contributed by atoms with E-state index in [-0.39, 0.29) is 0 Å². The Bertz CT molecular complexity index is 652. The Labute approximate surface area is 128 Å². The molecule has 0 bridgehead atoms. The quantitative estimate of drug-likeness (QED) is 0.787. The highest BCUT2D eigenvalue weighted by Gasteiger charge is 2.29. The molecule has 3 N–H and O–H groups in total. The lowest BCUT2D eigenvalue weighted by molar-refractivity contribution is -0.142. The van der Waals surface area contributed by atoms with Crippen molar-refractivity contribution in [2.45, 2.75) is 19.1 Å². The molecule has 0 spiro atoms. The van der Waals surface area contributed by atoms with Crippen molar-refractivity contribution in [3.05, 3.63) is 71.3 Å². The van der Waals surface area contributed by atoms with E-state index in [9.17, 15) is 19.8 Å². The number of aliphatic hydroxyl groups excluding tert-OH is 1. The minimum absolute atomic E-state index is 0.338. The van der Waals surface area contributed by atoms with Crippen LogP contribution in [0.25, 0.3) is 0 Å². The molecule has 114 valence electrons. The van der Waals surface area contributed by atoms with Crippen LogP contribution in [0.1, 0.15) is 27.6 Å². The topological polar surface area (TPSA) is 86.6 Å². The highest BCUT2D eigenvalue weighted by atomic mass is 16.4. The number of amides is 1. The van der Waals surface area contributed by atoms with E-state index in [2.05, 4.69) is 5.32 Å². The molecule has 0 aliphatic heterocycles. The van der Waals surface area contributed by atoms with E-state index < -0.39 is 24.0 Å². The second-order valence-electron chi connectivity index (χ2n) is 5.01. The number of aliphatic hydroxyl groups is 1. The number of benzene rings is 2. The van der Waals surface area contributed by atoms with E-state index in [0.29, 0.717) is 11.1 Å². The van der Waals surface area contributed by atoms with Crippen molar-refractivity contribution >= 4 is 11.9 Å². The van der Waals surface area contributed by atoms with Gasteiger partial charge in [-0.3, -0.25) is 4.79 Å². The Morgan fingerprint density at radius 2 is 1.59 bits per heavy atom. The number of rotatable bonds is 5. The Balaban J connectivity index is 2.18. The Kier molecular flexibility index (Phi) is 4.91. The van der Waals surface area contributed by atoms with Crippen LogP contribution in [0.15, 0.2) is 54.6 Å². The predicted octanol–water partition coefficient (Wildman–Crippen LogP) is 1.91. The number of aryl methyl sites for hydroxylation is 1. The van der Waals surface area contributed by atoms with Crippen molar-refractivity contribution in [2.75, 3.05) is 0 Å². The summed E-state index contributed by atoms with van der Waals surface area (Å²) in [6, 6.07) is 13.7. The SMILES string of the molecule is Cc1ccc(C(O)C(NC(=O)c2ccccc2)C(=O)O)cc1. The van der Waals surface area contributed by atoms with Crippen molar-refractivity contribution in [3.8, 4) is 0 Å². The first kappa shape index (κ1) is 15.7. The lowest BCUT2D eigenvalue weighted by Crippen LogP contribution is -2.45. The Morgan fingerprint density at radius 3 is 2.14 bits per heavy atom. The zero-order valence-corrected chi connectivity index (χ0v) is 12.1. The lowest BCUT2D eigenvalue weighted by Gasteiger charge is -2.21. The van der Waals surface area contributed by atoms with Crippen LogP contribution in [0.2, 0.25) is 0 Å². The first-order valence-corrected chi connectivity index (χ1v) is 6.82. The number of carbonyl (C=O) groups excluding carboxylic acids is 1. The maximum absolute atomic E-state index is 12.1. The first-order valence-electron chi connectivity index (χ1n) is 6.82. The molecule has 0 aliphatic carbocycles. The molecule has 2 aromatic rings. The van der Waals surface area contributed by atoms with Gasteiger partial charge in [-0.2, -0.15) is 0 Å². The fourth-order valence-electron chi connectivity index (χ4n) is 2.05. The van der Waals surface area contributed by atoms with Gasteiger partial charge in [0.25, 0.3) is 5.91 Å². The van der Waals surface area contributed by atoms with Crippen LogP contribution in [-0.2, 0) is 4.79 Å². The van der Waals surface area contributed by atoms with Gasteiger partial charge in [0.15, 0.2) is 6.04 Å². The average Bonchev–Trinajstić information content (AvgIpc) is 2.53. The van der Waals surface area contributed by atoms with Gasteiger partial charge in [-0.15, -0.1) is 0 Å². The summed E-state index contributed by atoms with van der Waals surface area (Å²) in [6.45, 7) is 1.89. The van der Waals surface area contributed by atoms with Crippen LogP contribution >= 0.6 is 0 Å². The monoisotopic (exact) mass is 299 g/mol. The minimum atomic E-state index is -1.42. The summed E-state index contributed by atoms with van der Waals surface area (Å²) in [5.74, 6) is -1.84.